The van der Waals surface area contributed by atoms with Crippen LogP contribution in [0.1, 0.15) is 23.3 Å². The third-order valence-corrected chi connectivity index (χ3v) is 6.56. The minimum absolute atomic E-state index is 0.126. The van der Waals surface area contributed by atoms with E-state index in [1.807, 2.05) is 54.6 Å². The molecule has 2 atom stereocenters. The van der Waals surface area contributed by atoms with Crippen LogP contribution in [-0.2, 0) is 4.74 Å². The van der Waals surface area contributed by atoms with Gasteiger partial charge in [-0.05, 0) is 66.3 Å². The Morgan fingerprint density at radius 2 is 1.83 bits per heavy atom. The number of ether oxygens (including phenoxy) is 2. The van der Waals surface area contributed by atoms with E-state index in [0.717, 1.165) is 22.6 Å². The van der Waals surface area contributed by atoms with Gasteiger partial charge in [-0.2, -0.15) is 0 Å². The molecule has 5 rings (SSSR count). The Hall–Kier alpha value is -3.39. The van der Waals surface area contributed by atoms with Gasteiger partial charge < -0.3 is 24.3 Å². The summed E-state index contributed by atoms with van der Waals surface area (Å²) in [7, 11) is 1.64. The molecule has 2 unspecified atom stereocenters. The molecule has 0 bridgehead atoms. The molecule has 3 heterocycles. The van der Waals surface area contributed by atoms with Crippen LogP contribution in [0.4, 0.5) is 5.69 Å². The zero-order chi connectivity index (χ0) is 24.2. The Labute approximate surface area is 215 Å². The Morgan fingerprint density at radius 1 is 1.00 bits per heavy atom. The molecule has 1 fully saturated rings. The molecule has 0 saturated carbocycles. The first kappa shape index (κ1) is 23.4. The largest absolute Gasteiger partial charge is 0.490 e. The van der Waals surface area contributed by atoms with Crippen molar-refractivity contribution in [3.05, 3.63) is 108 Å². The van der Waals surface area contributed by atoms with Gasteiger partial charge in [-0.25, -0.2) is 0 Å². The summed E-state index contributed by atoms with van der Waals surface area (Å²) >= 11 is 12.4. The highest BCUT2D eigenvalue weighted by Crippen LogP contribution is 2.43. The van der Waals surface area contributed by atoms with E-state index in [4.69, 9.17) is 33.3 Å². The number of aromatic nitrogens is 2. The monoisotopic (exact) mass is 504 g/mol. The molecule has 8 heteroatoms. The van der Waals surface area contributed by atoms with Crippen LogP contribution in [0.2, 0.25) is 5.02 Å². The summed E-state index contributed by atoms with van der Waals surface area (Å²) in [4.78, 5) is 6.73. The van der Waals surface area contributed by atoms with Crippen LogP contribution in [0.3, 0.4) is 0 Å². The minimum atomic E-state index is -0.133. The number of halogens is 1. The zero-order valence-electron chi connectivity index (χ0n) is 19.2. The smallest absolute Gasteiger partial charge is 0.174 e. The van der Waals surface area contributed by atoms with Gasteiger partial charge in [0.1, 0.15) is 12.4 Å². The predicted octanol–water partition coefficient (Wildman–Crippen LogP) is 5.73. The number of hydrogen-bond acceptors (Lipinski definition) is 4. The highest BCUT2D eigenvalue weighted by molar-refractivity contribution is 7.80. The van der Waals surface area contributed by atoms with E-state index < -0.39 is 0 Å². The lowest BCUT2D eigenvalue weighted by Gasteiger charge is -2.27. The Morgan fingerprint density at radius 3 is 2.57 bits per heavy atom. The average Bonchev–Trinajstić information content (AvgIpc) is 3.51. The number of thiocarbonyl (C=S) groups is 1. The van der Waals surface area contributed by atoms with E-state index in [1.54, 1.807) is 13.3 Å². The first-order valence-electron chi connectivity index (χ1n) is 11.3. The van der Waals surface area contributed by atoms with Gasteiger partial charge in [-0.15, -0.1) is 0 Å². The van der Waals surface area contributed by atoms with Gasteiger partial charge in [0, 0.05) is 37.1 Å². The van der Waals surface area contributed by atoms with Crippen molar-refractivity contribution in [2.24, 2.45) is 0 Å². The van der Waals surface area contributed by atoms with Gasteiger partial charge in [0.2, 0.25) is 0 Å². The van der Waals surface area contributed by atoms with E-state index in [0.29, 0.717) is 29.1 Å². The summed E-state index contributed by atoms with van der Waals surface area (Å²) in [5.41, 5.74) is 3.99. The SMILES string of the molecule is COCCOc1ccc(N2C(=S)NC(c3ccccn3)C2c2ccn(-c3ccccc3)c2)cc1Cl. The van der Waals surface area contributed by atoms with Crippen molar-refractivity contribution in [1.29, 1.82) is 0 Å². The molecule has 0 amide bonds. The van der Waals surface area contributed by atoms with E-state index in [2.05, 4.69) is 50.4 Å². The maximum absolute atomic E-state index is 6.59. The molecule has 2 aromatic heterocycles. The van der Waals surface area contributed by atoms with E-state index >= 15 is 0 Å². The quantitative estimate of drug-likeness (QED) is 0.244. The summed E-state index contributed by atoms with van der Waals surface area (Å²) in [6.45, 7) is 0.918. The molecule has 1 aliphatic rings. The summed E-state index contributed by atoms with van der Waals surface area (Å²) in [5.74, 6) is 0.610. The van der Waals surface area contributed by atoms with Gasteiger partial charge in [0.05, 0.1) is 29.4 Å². The highest BCUT2D eigenvalue weighted by atomic mass is 35.5. The molecular formula is C27H25ClN4O2S. The van der Waals surface area contributed by atoms with Crippen molar-refractivity contribution >= 4 is 34.6 Å². The van der Waals surface area contributed by atoms with Crippen molar-refractivity contribution in [2.75, 3.05) is 25.2 Å². The summed E-state index contributed by atoms with van der Waals surface area (Å²) in [5, 5.41) is 4.62. The number of pyridine rings is 1. The van der Waals surface area contributed by atoms with Crippen molar-refractivity contribution < 1.29 is 9.47 Å². The van der Waals surface area contributed by atoms with Crippen molar-refractivity contribution in [3.8, 4) is 11.4 Å². The van der Waals surface area contributed by atoms with Crippen LogP contribution >= 0.6 is 23.8 Å². The van der Waals surface area contributed by atoms with Crippen molar-refractivity contribution in [1.82, 2.24) is 14.9 Å². The lowest BCUT2D eigenvalue weighted by atomic mass is 9.98. The molecule has 2 aromatic carbocycles. The first-order valence-corrected chi connectivity index (χ1v) is 12.1. The van der Waals surface area contributed by atoms with Crippen LogP contribution in [0, 0.1) is 0 Å². The standard InChI is InChI=1S/C27H25ClN4O2S/c1-33-15-16-34-24-11-10-21(17-22(24)28)32-26(25(30-27(32)35)23-9-5-6-13-29-23)19-12-14-31(18-19)20-7-3-2-4-8-20/h2-14,17-18,25-26H,15-16H2,1H3,(H,30,35). The average molecular weight is 505 g/mol. The van der Waals surface area contributed by atoms with Crippen molar-refractivity contribution in [3.63, 3.8) is 0 Å². The molecule has 6 nitrogen and oxygen atoms in total. The van der Waals surface area contributed by atoms with Gasteiger partial charge >= 0.3 is 0 Å². The highest BCUT2D eigenvalue weighted by Gasteiger charge is 2.41. The minimum Gasteiger partial charge on any atom is -0.490 e. The number of hydrogen-bond donors (Lipinski definition) is 1. The fourth-order valence-corrected chi connectivity index (χ4v) is 4.89. The molecule has 4 aromatic rings. The second-order valence-electron chi connectivity index (χ2n) is 8.14. The molecule has 1 aliphatic heterocycles. The van der Waals surface area contributed by atoms with E-state index in [1.165, 1.54) is 0 Å². The van der Waals surface area contributed by atoms with Gasteiger partial charge in [-0.1, -0.05) is 35.9 Å². The van der Waals surface area contributed by atoms with E-state index in [9.17, 15) is 0 Å². The Bertz CT molecular complexity index is 1300. The third-order valence-electron chi connectivity index (χ3n) is 5.95. The predicted molar refractivity (Wildman–Crippen MR) is 143 cm³/mol. The molecule has 1 saturated heterocycles. The number of anilines is 1. The fourth-order valence-electron chi connectivity index (χ4n) is 4.31. The van der Waals surface area contributed by atoms with Crippen LogP contribution < -0.4 is 15.0 Å². The van der Waals surface area contributed by atoms with Crippen LogP contribution in [0.15, 0.2) is 91.4 Å². The number of benzene rings is 2. The summed E-state index contributed by atoms with van der Waals surface area (Å²) in [6, 6.07) is 23.8. The molecule has 35 heavy (non-hydrogen) atoms. The normalized spacial score (nSPS) is 17.4. The third kappa shape index (κ3) is 4.89. The molecular weight excluding hydrogens is 480 g/mol. The number of para-hydroxylation sites is 1. The molecule has 0 aliphatic carbocycles. The van der Waals surface area contributed by atoms with Gasteiger partial charge in [0.25, 0.3) is 0 Å². The number of rotatable bonds is 8. The maximum atomic E-state index is 6.59. The van der Waals surface area contributed by atoms with Crippen LogP contribution in [-0.4, -0.2) is 35.0 Å². The Kier molecular flexibility index (Phi) is 6.99. The topological polar surface area (TPSA) is 51.6 Å². The van der Waals surface area contributed by atoms with Crippen LogP contribution in [0.5, 0.6) is 5.75 Å². The maximum Gasteiger partial charge on any atom is 0.174 e. The lowest BCUT2D eigenvalue weighted by molar-refractivity contribution is 0.146. The van der Waals surface area contributed by atoms with Gasteiger partial charge in [0.15, 0.2) is 5.11 Å². The molecule has 178 valence electrons. The number of methoxy groups -OCH3 is 1. The molecule has 1 N–H and O–H groups in total. The number of nitrogens with zero attached hydrogens (tertiary/aromatic N) is 3. The molecule has 0 radical (unpaired) electrons. The second-order valence-corrected chi connectivity index (χ2v) is 8.93. The molecule has 0 spiro atoms. The fraction of sp³-hybridized carbons (Fsp3) is 0.185. The second kappa shape index (κ2) is 10.5. The Balaban J connectivity index is 1.53. The van der Waals surface area contributed by atoms with Gasteiger partial charge in [-0.3, -0.25) is 4.98 Å². The van der Waals surface area contributed by atoms with Crippen molar-refractivity contribution in [2.45, 2.75) is 12.1 Å². The van der Waals surface area contributed by atoms with Crippen LogP contribution in [0.25, 0.3) is 5.69 Å². The number of nitrogens with one attached hydrogen (secondary N) is 1. The summed E-state index contributed by atoms with van der Waals surface area (Å²) in [6.07, 6.45) is 6.01. The van der Waals surface area contributed by atoms with E-state index in [-0.39, 0.29) is 12.1 Å². The first-order chi connectivity index (χ1) is 17.2. The zero-order valence-corrected chi connectivity index (χ0v) is 20.7. The summed E-state index contributed by atoms with van der Waals surface area (Å²) < 4.78 is 12.9. The lowest BCUT2D eigenvalue weighted by Crippen LogP contribution is -2.29.